The molecule has 0 aromatic carbocycles. The smallest absolute Gasteiger partial charge is 0.229 e. The molecule has 8 fully saturated rings. The lowest BCUT2D eigenvalue weighted by Gasteiger charge is -2.56. The van der Waals surface area contributed by atoms with Crippen LogP contribution in [0.5, 0.6) is 0 Å². The van der Waals surface area contributed by atoms with Crippen LogP contribution in [-0.4, -0.2) is 32.6 Å². The van der Waals surface area contributed by atoms with Crippen molar-refractivity contribution in [3.05, 3.63) is 0 Å². The van der Waals surface area contributed by atoms with Crippen LogP contribution in [0, 0.1) is 41.4 Å². The van der Waals surface area contributed by atoms with E-state index in [4.69, 9.17) is 15.0 Å². The van der Waals surface area contributed by atoms with Crippen molar-refractivity contribution in [1.82, 2.24) is 15.0 Å². The second kappa shape index (κ2) is 7.20. The maximum atomic E-state index is 4.98. The van der Waals surface area contributed by atoms with E-state index in [0.29, 0.717) is 18.0 Å². The number of rotatable bonds is 6. The average molecular weight is 437 g/mol. The quantitative estimate of drug-likeness (QED) is 0.561. The molecule has 0 amide bonds. The van der Waals surface area contributed by atoms with Gasteiger partial charge in [-0.1, -0.05) is 0 Å². The molecule has 1 aromatic rings. The van der Waals surface area contributed by atoms with E-state index in [9.17, 15) is 0 Å². The Kier molecular flexibility index (Phi) is 4.47. The summed E-state index contributed by atoms with van der Waals surface area (Å²) < 4.78 is 0. The topological polar surface area (TPSA) is 74.8 Å². The van der Waals surface area contributed by atoms with Crippen LogP contribution in [0.25, 0.3) is 0 Å². The molecule has 6 heteroatoms. The molecule has 8 aliphatic carbocycles. The Morgan fingerprint density at radius 3 is 1.72 bits per heavy atom. The summed E-state index contributed by atoms with van der Waals surface area (Å²) in [5.74, 6) is 8.62. The van der Waals surface area contributed by atoms with Crippen molar-refractivity contribution < 1.29 is 0 Å². The van der Waals surface area contributed by atoms with E-state index in [-0.39, 0.29) is 5.54 Å². The third-order valence-electron chi connectivity index (χ3n) is 9.99. The molecule has 0 saturated heterocycles. The average Bonchev–Trinajstić information content (AvgIpc) is 2.68. The molecule has 0 aliphatic heterocycles. The Hall–Kier alpha value is -1.59. The van der Waals surface area contributed by atoms with Gasteiger partial charge in [-0.2, -0.15) is 15.0 Å². The normalized spacial score (nSPS) is 45.5. The Morgan fingerprint density at radius 1 is 0.656 bits per heavy atom. The number of nitrogens with one attached hydrogen (secondary N) is 3. The highest BCUT2D eigenvalue weighted by Crippen LogP contribution is 2.57. The maximum absolute atomic E-state index is 4.98. The van der Waals surface area contributed by atoms with Crippen LogP contribution in [0.15, 0.2) is 0 Å². The molecule has 9 rings (SSSR count). The van der Waals surface area contributed by atoms with Crippen molar-refractivity contribution in [3.8, 4) is 0 Å². The summed E-state index contributed by atoms with van der Waals surface area (Å²) in [7, 11) is 0. The first-order valence-corrected chi connectivity index (χ1v) is 13.6. The van der Waals surface area contributed by atoms with Crippen molar-refractivity contribution in [3.63, 3.8) is 0 Å². The minimum atomic E-state index is 0.213. The first kappa shape index (κ1) is 19.8. The summed E-state index contributed by atoms with van der Waals surface area (Å²) in [5, 5.41) is 11.2. The van der Waals surface area contributed by atoms with Gasteiger partial charge in [0.05, 0.1) is 0 Å². The molecule has 0 radical (unpaired) electrons. The third-order valence-corrected chi connectivity index (χ3v) is 9.99. The number of aromatic nitrogens is 3. The highest BCUT2D eigenvalue weighted by molar-refractivity contribution is 5.45. The monoisotopic (exact) mass is 436 g/mol. The minimum absolute atomic E-state index is 0.213. The molecule has 6 nitrogen and oxygen atoms in total. The highest BCUT2D eigenvalue weighted by Gasteiger charge is 2.51. The van der Waals surface area contributed by atoms with Crippen LogP contribution in [-0.2, 0) is 0 Å². The lowest BCUT2D eigenvalue weighted by Crippen LogP contribution is -2.55. The standard InChI is InChI=1S/C26H40N6/c1-14(2)27-23-29-24(28-22-20-7-15-3-16(9-20)10-21(22)8-15)31-25(30-23)32-26-11-17-4-18(12-26)6-19(5-17)13-26/h14-22H,3-13H2,1-2H3,(H3,27,28,29,30,31,32). The van der Waals surface area contributed by atoms with E-state index < -0.39 is 0 Å². The van der Waals surface area contributed by atoms with Gasteiger partial charge in [-0.3, -0.25) is 0 Å². The SMILES string of the molecule is CC(C)Nc1nc(NC2C3CC4CC(C3)CC2C4)nc(NC23CC4CC(CC(C4)C2)C3)n1. The van der Waals surface area contributed by atoms with Crippen LogP contribution in [0.1, 0.15) is 84.5 Å². The van der Waals surface area contributed by atoms with Crippen molar-refractivity contribution in [1.29, 1.82) is 0 Å². The molecule has 8 saturated carbocycles. The maximum Gasteiger partial charge on any atom is 0.229 e. The Morgan fingerprint density at radius 2 is 1.16 bits per heavy atom. The van der Waals surface area contributed by atoms with E-state index in [1.807, 2.05) is 0 Å². The molecule has 1 heterocycles. The van der Waals surface area contributed by atoms with Crippen molar-refractivity contribution in [2.75, 3.05) is 16.0 Å². The largest absolute Gasteiger partial charge is 0.352 e. The van der Waals surface area contributed by atoms with Gasteiger partial charge in [0.1, 0.15) is 0 Å². The van der Waals surface area contributed by atoms with E-state index >= 15 is 0 Å². The molecule has 1 aromatic heterocycles. The van der Waals surface area contributed by atoms with Gasteiger partial charge < -0.3 is 16.0 Å². The highest BCUT2D eigenvalue weighted by atomic mass is 15.3. The lowest BCUT2D eigenvalue weighted by atomic mass is 9.53. The van der Waals surface area contributed by atoms with Crippen molar-refractivity contribution in [2.24, 2.45) is 41.4 Å². The number of nitrogens with zero attached hydrogens (tertiary/aromatic N) is 3. The molecule has 0 atom stereocenters. The van der Waals surface area contributed by atoms with E-state index in [1.54, 1.807) is 0 Å². The predicted molar refractivity (Wildman–Crippen MR) is 128 cm³/mol. The molecular formula is C26H40N6. The molecule has 0 unspecified atom stereocenters. The number of anilines is 3. The van der Waals surface area contributed by atoms with Crippen LogP contribution in [0.3, 0.4) is 0 Å². The Bertz CT molecular complexity index is 818. The van der Waals surface area contributed by atoms with Crippen LogP contribution >= 0.6 is 0 Å². The second-order valence-electron chi connectivity index (χ2n) is 13.0. The van der Waals surface area contributed by atoms with Gasteiger partial charge >= 0.3 is 0 Å². The zero-order valence-electron chi connectivity index (χ0n) is 19.8. The van der Waals surface area contributed by atoms with E-state index in [2.05, 4.69) is 29.8 Å². The fraction of sp³-hybridized carbons (Fsp3) is 0.885. The van der Waals surface area contributed by atoms with E-state index in [1.165, 1.54) is 70.6 Å². The molecule has 8 aliphatic rings. The summed E-state index contributed by atoms with van der Waals surface area (Å²) in [6.07, 6.45) is 15.4. The molecular weight excluding hydrogens is 396 g/mol. The van der Waals surface area contributed by atoms with Crippen molar-refractivity contribution >= 4 is 17.8 Å². The third kappa shape index (κ3) is 3.47. The molecule has 3 N–H and O–H groups in total. The van der Waals surface area contributed by atoms with Crippen molar-refractivity contribution in [2.45, 2.75) is 102 Å². The van der Waals surface area contributed by atoms with Gasteiger partial charge in [0.15, 0.2) is 0 Å². The first-order chi connectivity index (χ1) is 15.5. The molecule has 8 bridgehead atoms. The summed E-state index contributed by atoms with van der Waals surface area (Å²) >= 11 is 0. The summed E-state index contributed by atoms with van der Waals surface area (Å²) in [4.78, 5) is 14.7. The molecule has 32 heavy (non-hydrogen) atoms. The Balaban J connectivity index is 1.15. The first-order valence-electron chi connectivity index (χ1n) is 13.6. The molecule has 0 spiro atoms. The zero-order chi connectivity index (χ0) is 21.4. The van der Waals surface area contributed by atoms with Crippen LogP contribution in [0.4, 0.5) is 17.8 Å². The minimum Gasteiger partial charge on any atom is -0.352 e. The van der Waals surface area contributed by atoms with Gasteiger partial charge in [0.25, 0.3) is 0 Å². The second-order valence-corrected chi connectivity index (χ2v) is 13.0. The van der Waals surface area contributed by atoms with E-state index in [0.717, 1.165) is 53.3 Å². The summed E-state index contributed by atoms with van der Waals surface area (Å²) in [6, 6.07) is 0.850. The summed E-state index contributed by atoms with van der Waals surface area (Å²) in [6.45, 7) is 4.31. The van der Waals surface area contributed by atoms with Gasteiger partial charge in [0, 0.05) is 17.6 Å². The van der Waals surface area contributed by atoms with Gasteiger partial charge in [-0.25, -0.2) is 0 Å². The lowest BCUT2D eigenvalue weighted by molar-refractivity contribution is 0.00720. The fourth-order valence-electron chi connectivity index (χ4n) is 9.63. The van der Waals surface area contributed by atoms with Crippen LogP contribution in [0.2, 0.25) is 0 Å². The molecule has 174 valence electrons. The number of hydrogen-bond donors (Lipinski definition) is 3. The number of hydrogen-bond acceptors (Lipinski definition) is 6. The predicted octanol–water partition coefficient (Wildman–Crippen LogP) is 5.31. The zero-order valence-corrected chi connectivity index (χ0v) is 19.8. The van der Waals surface area contributed by atoms with Gasteiger partial charge in [-0.05, 0) is 126 Å². The van der Waals surface area contributed by atoms with Crippen LogP contribution < -0.4 is 16.0 Å². The van der Waals surface area contributed by atoms with Gasteiger partial charge in [0.2, 0.25) is 17.8 Å². The fourth-order valence-corrected chi connectivity index (χ4v) is 9.63. The Labute approximate surface area is 192 Å². The van der Waals surface area contributed by atoms with Gasteiger partial charge in [-0.15, -0.1) is 0 Å². The summed E-state index contributed by atoms with van der Waals surface area (Å²) in [5.41, 5.74) is 0.213.